The quantitative estimate of drug-likeness (QED) is 0.477. The van der Waals surface area contributed by atoms with Crippen LogP contribution in [0.3, 0.4) is 0 Å². The van der Waals surface area contributed by atoms with E-state index in [0.717, 1.165) is 34.3 Å². The Labute approximate surface area is 140 Å². The van der Waals surface area contributed by atoms with Gasteiger partial charge in [0.15, 0.2) is 11.5 Å². The number of para-hydroxylation sites is 6. The first-order valence-electron chi connectivity index (χ1n) is 7.77. The lowest BCUT2D eigenvalue weighted by atomic mass is 10.2. The molecule has 3 aromatic rings. The fourth-order valence-electron chi connectivity index (χ4n) is 2.53. The highest BCUT2D eigenvalue weighted by atomic mass is 16.5. The number of nitrogens with one attached hydrogen (secondary N) is 1. The summed E-state index contributed by atoms with van der Waals surface area (Å²) in [7, 11) is 0. The van der Waals surface area contributed by atoms with Gasteiger partial charge in [-0.15, -0.1) is 0 Å². The molecule has 0 amide bonds. The van der Waals surface area contributed by atoms with E-state index in [-0.39, 0.29) is 0 Å². The van der Waals surface area contributed by atoms with E-state index in [1.807, 2.05) is 72.8 Å². The first kappa shape index (κ1) is 14.3. The van der Waals surface area contributed by atoms with Gasteiger partial charge < -0.3 is 14.8 Å². The van der Waals surface area contributed by atoms with E-state index in [4.69, 9.17) is 9.47 Å². The van der Waals surface area contributed by atoms with Crippen LogP contribution in [0, 0.1) is 0 Å². The van der Waals surface area contributed by atoms with Crippen LogP contribution in [0.15, 0.2) is 77.8 Å². The Morgan fingerprint density at radius 1 is 0.708 bits per heavy atom. The lowest BCUT2D eigenvalue weighted by molar-refractivity contribution is 0.377. The zero-order valence-electron chi connectivity index (χ0n) is 13.0. The van der Waals surface area contributed by atoms with E-state index in [1.165, 1.54) is 0 Å². The normalized spacial score (nSPS) is 12.8. The van der Waals surface area contributed by atoms with Crippen molar-refractivity contribution in [1.82, 2.24) is 0 Å². The Hall–Kier alpha value is -3.27. The molecule has 2 heterocycles. The van der Waals surface area contributed by atoms with Crippen molar-refractivity contribution in [2.24, 2.45) is 4.99 Å². The number of ether oxygens (including phenoxy) is 2. The van der Waals surface area contributed by atoms with Crippen molar-refractivity contribution in [3.63, 3.8) is 0 Å². The Balaban J connectivity index is 0.000000129. The van der Waals surface area contributed by atoms with E-state index in [2.05, 4.69) is 10.3 Å². The molecule has 5 rings (SSSR count). The van der Waals surface area contributed by atoms with Crippen molar-refractivity contribution < 1.29 is 9.47 Å². The molecule has 0 radical (unpaired) electrons. The SMILES string of the molecule is C1=Nc2ccccc2OC1.c1ccc2c(c1)Nc1ccccc1O2. The largest absolute Gasteiger partial charge is 0.486 e. The molecule has 0 unspecified atom stereocenters. The highest BCUT2D eigenvalue weighted by Crippen LogP contribution is 2.40. The second-order valence-electron chi connectivity index (χ2n) is 5.31. The van der Waals surface area contributed by atoms with Gasteiger partial charge in [0, 0.05) is 6.21 Å². The average molecular weight is 316 g/mol. The standard InChI is InChI=1S/C12H9NO.C8H7NO/c1-3-7-11-9(5-1)13-10-6-2-4-8-12(10)14-11;1-2-4-8-7(3-1)9-5-6-10-8/h1-8,13H;1-5H,6H2. The third kappa shape index (κ3) is 2.94. The Kier molecular flexibility index (Phi) is 3.86. The predicted molar refractivity (Wildman–Crippen MR) is 96.3 cm³/mol. The summed E-state index contributed by atoms with van der Waals surface area (Å²) in [4.78, 5) is 4.14. The van der Waals surface area contributed by atoms with Gasteiger partial charge in [-0.1, -0.05) is 36.4 Å². The first-order valence-corrected chi connectivity index (χ1v) is 7.77. The maximum absolute atomic E-state index is 5.71. The van der Waals surface area contributed by atoms with Gasteiger partial charge in [-0.05, 0) is 36.4 Å². The van der Waals surface area contributed by atoms with Gasteiger partial charge in [0.05, 0.1) is 11.4 Å². The minimum Gasteiger partial charge on any atom is -0.486 e. The summed E-state index contributed by atoms with van der Waals surface area (Å²) in [5.74, 6) is 2.64. The maximum atomic E-state index is 5.71. The molecule has 0 spiro atoms. The molecular weight excluding hydrogens is 300 g/mol. The van der Waals surface area contributed by atoms with E-state index in [0.29, 0.717) is 6.61 Å². The molecule has 1 N–H and O–H groups in total. The fourth-order valence-corrected chi connectivity index (χ4v) is 2.53. The molecule has 4 nitrogen and oxygen atoms in total. The van der Waals surface area contributed by atoms with Crippen molar-refractivity contribution in [2.75, 3.05) is 11.9 Å². The smallest absolute Gasteiger partial charge is 0.150 e. The van der Waals surface area contributed by atoms with Crippen LogP contribution in [0.4, 0.5) is 17.1 Å². The number of rotatable bonds is 0. The summed E-state index contributed by atoms with van der Waals surface area (Å²) < 4.78 is 11.0. The number of aliphatic imine (C=N–C) groups is 1. The van der Waals surface area contributed by atoms with Crippen molar-refractivity contribution >= 4 is 23.3 Å². The van der Waals surface area contributed by atoms with Gasteiger partial charge in [0.1, 0.15) is 18.0 Å². The summed E-state index contributed by atoms with van der Waals surface area (Å²) in [6.45, 7) is 0.594. The number of fused-ring (bicyclic) bond motifs is 3. The molecule has 118 valence electrons. The molecule has 0 saturated carbocycles. The Morgan fingerprint density at radius 2 is 1.29 bits per heavy atom. The second kappa shape index (κ2) is 6.46. The molecule has 0 bridgehead atoms. The molecule has 0 fully saturated rings. The molecular formula is C20H16N2O2. The monoisotopic (exact) mass is 316 g/mol. The van der Waals surface area contributed by atoms with E-state index < -0.39 is 0 Å². The third-order valence-electron chi connectivity index (χ3n) is 3.67. The number of anilines is 2. The van der Waals surface area contributed by atoms with Gasteiger partial charge in [-0.2, -0.15) is 0 Å². The van der Waals surface area contributed by atoms with Crippen molar-refractivity contribution in [3.8, 4) is 17.2 Å². The summed E-state index contributed by atoms with van der Waals surface area (Å²) in [6, 6.07) is 23.6. The Bertz CT molecular complexity index is 803. The zero-order valence-corrected chi connectivity index (χ0v) is 13.0. The number of hydrogen-bond donors (Lipinski definition) is 1. The van der Waals surface area contributed by atoms with Crippen molar-refractivity contribution in [3.05, 3.63) is 72.8 Å². The van der Waals surface area contributed by atoms with Gasteiger partial charge in [-0.25, -0.2) is 0 Å². The van der Waals surface area contributed by atoms with Crippen molar-refractivity contribution in [1.29, 1.82) is 0 Å². The second-order valence-corrected chi connectivity index (χ2v) is 5.31. The predicted octanol–water partition coefficient (Wildman–Crippen LogP) is 5.32. The average Bonchev–Trinajstić information content (AvgIpc) is 2.67. The van der Waals surface area contributed by atoms with Crippen molar-refractivity contribution in [2.45, 2.75) is 0 Å². The molecule has 0 saturated heterocycles. The van der Waals surface area contributed by atoms with E-state index in [9.17, 15) is 0 Å². The summed E-state index contributed by atoms with van der Waals surface area (Å²) in [5, 5.41) is 3.32. The minimum atomic E-state index is 0.594. The molecule has 0 aliphatic carbocycles. The van der Waals surface area contributed by atoms with E-state index in [1.54, 1.807) is 6.21 Å². The highest BCUT2D eigenvalue weighted by Gasteiger charge is 2.13. The van der Waals surface area contributed by atoms with Crippen LogP contribution in [-0.2, 0) is 0 Å². The maximum Gasteiger partial charge on any atom is 0.150 e. The van der Waals surface area contributed by atoms with Crippen LogP contribution >= 0.6 is 0 Å². The molecule has 24 heavy (non-hydrogen) atoms. The van der Waals surface area contributed by atoms with Crippen LogP contribution in [0.5, 0.6) is 17.2 Å². The zero-order chi connectivity index (χ0) is 16.2. The third-order valence-corrected chi connectivity index (χ3v) is 3.67. The number of hydrogen-bond acceptors (Lipinski definition) is 4. The fraction of sp³-hybridized carbons (Fsp3) is 0.0500. The van der Waals surface area contributed by atoms with Gasteiger partial charge in [-0.3, -0.25) is 4.99 Å². The van der Waals surface area contributed by atoms with E-state index >= 15 is 0 Å². The molecule has 4 heteroatoms. The lowest BCUT2D eigenvalue weighted by Gasteiger charge is -2.20. The summed E-state index contributed by atoms with van der Waals surface area (Å²) in [6.07, 6.45) is 1.77. The molecule has 2 aliphatic heterocycles. The number of nitrogens with zero attached hydrogens (tertiary/aromatic N) is 1. The Morgan fingerprint density at radius 3 is 1.96 bits per heavy atom. The molecule has 0 atom stereocenters. The lowest BCUT2D eigenvalue weighted by Crippen LogP contribution is -2.01. The summed E-state index contributed by atoms with van der Waals surface area (Å²) >= 11 is 0. The highest BCUT2D eigenvalue weighted by molar-refractivity contribution is 5.75. The van der Waals surface area contributed by atoms with Crippen LogP contribution in [-0.4, -0.2) is 12.8 Å². The van der Waals surface area contributed by atoms with Crippen LogP contribution in [0.2, 0.25) is 0 Å². The van der Waals surface area contributed by atoms with Gasteiger partial charge >= 0.3 is 0 Å². The molecule has 2 aliphatic rings. The summed E-state index contributed by atoms with van der Waals surface area (Å²) in [5.41, 5.74) is 2.96. The van der Waals surface area contributed by atoms with Crippen LogP contribution < -0.4 is 14.8 Å². The van der Waals surface area contributed by atoms with Gasteiger partial charge in [0.25, 0.3) is 0 Å². The minimum absolute atomic E-state index is 0.594. The number of benzene rings is 3. The van der Waals surface area contributed by atoms with Crippen LogP contribution in [0.25, 0.3) is 0 Å². The molecule has 0 aromatic heterocycles. The topological polar surface area (TPSA) is 42.8 Å². The van der Waals surface area contributed by atoms with Crippen LogP contribution in [0.1, 0.15) is 0 Å². The first-order chi connectivity index (χ1) is 11.9. The molecule has 3 aromatic carbocycles. The van der Waals surface area contributed by atoms with Gasteiger partial charge in [0.2, 0.25) is 0 Å².